The van der Waals surface area contributed by atoms with Crippen LogP contribution in [0.5, 0.6) is 0 Å². The van der Waals surface area contributed by atoms with Gasteiger partial charge in [0.05, 0.1) is 6.04 Å². The molecule has 76 valence electrons. The Morgan fingerprint density at radius 3 is 2.31 bits per heavy atom. The molecule has 0 aromatic heterocycles. The van der Waals surface area contributed by atoms with Crippen LogP contribution in [0.3, 0.4) is 0 Å². The molecule has 0 N–H and O–H groups in total. The van der Waals surface area contributed by atoms with E-state index in [0.29, 0.717) is 18.9 Å². The first-order valence-corrected chi connectivity index (χ1v) is 4.65. The summed E-state index contributed by atoms with van der Waals surface area (Å²) in [4.78, 5) is 23.4. The van der Waals surface area contributed by atoms with E-state index in [2.05, 4.69) is 0 Å². The molecule has 3 nitrogen and oxygen atoms in total. The van der Waals surface area contributed by atoms with E-state index in [1.54, 1.807) is 6.92 Å². The third kappa shape index (κ3) is 4.78. The molecular formula is C10H19NO2. The zero-order valence-electron chi connectivity index (χ0n) is 8.91. The van der Waals surface area contributed by atoms with Gasteiger partial charge in [0.2, 0.25) is 0 Å². The van der Waals surface area contributed by atoms with Crippen LogP contribution in [0.4, 0.5) is 0 Å². The Morgan fingerprint density at radius 1 is 1.46 bits per heavy atom. The second kappa shape index (κ2) is 5.86. The number of carbonyl (C=O) groups is 2. The van der Waals surface area contributed by atoms with Gasteiger partial charge in [-0.15, -0.1) is 0 Å². The van der Waals surface area contributed by atoms with Crippen molar-refractivity contribution >= 4 is 12.1 Å². The molecule has 0 radical (unpaired) electrons. The topological polar surface area (TPSA) is 37.4 Å². The minimum atomic E-state index is -0.121. The van der Waals surface area contributed by atoms with E-state index in [4.69, 9.17) is 0 Å². The Balaban J connectivity index is 4.02. The van der Waals surface area contributed by atoms with Crippen LogP contribution < -0.4 is 0 Å². The first-order valence-electron chi connectivity index (χ1n) is 4.65. The Kier molecular flexibility index (Phi) is 5.55. The molecule has 0 aliphatic heterocycles. The zero-order valence-corrected chi connectivity index (χ0v) is 8.91. The maximum atomic E-state index is 10.7. The second-order valence-electron chi connectivity index (χ2n) is 3.70. The Bertz CT molecular complexity index is 178. The number of nitrogens with zero attached hydrogens (tertiary/aromatic N) is 1. The van der Waals surface area contributed by atoms with E-state index < -0.39 is 0 Å². The third-order valence-electron chi connectivity index (χ3n) is 2.29. The van der Waals surface area contributed by atoms with E-state index in [-0.39, 0.29) is 11.8 Å². The van der Waals surface area contributed by atoms with Gasteiger partial charge in [0, 0.05) is 12.5 Å². The molecule has 1 unspecified atom stereocenters. The molecule has 0 bridgehead atoms. The molecule has 0 heterocycles. The SMILES string of the molecule is CC(=O)CCC(C=O)N(C)C(C)C. The molecule has 0 aliphatic rings. The predicted octanol–water partition coefficient (Wildman–Crippen LogP) is 1.26. The molecule has 1 atom stereocenters. The number of likely N-dealkylation sites (N-methyl/N-ethyl adjacent to an activating group) is 1. The molecule has 0 fully saturated rings. The molecular weight excluding hydrogens is 166 g/mol. The van der Waals surface area contributed by atoms with Crippen LogP contribution in [-0.2, 0) is 9.59 Å². The van der Waals surface area contributed by atoms with Crippen molar-refractivity contribution in [1.82, 2.24) is 4.90 Å². The molecule has 0 saturated heterocycles. The van der Waals surface area contributed by atoms with Crippen molar-refractivity contribution in [2.75, 3.05) is 7.05 Å². The minimum absolute atomic E-state index is 0.121. The molecule has 0 rings (SSSR count). The molecule has 0 aromatic carbocycles. The fourth-order valence-corrected chi connectivity index (χ4v) is 1.10. The van der Waals surface area contributed by atoms with Crippen molar-refractivity contribution in [2.24, 2.45) is 0 Å². The zero-order chi connectivity index (χ0) is 10.4. The predicted molar refractivity (Wildman–Crippen MR) is 52.7 cm³/mol. The Hall–Kier alpha value is -0.700. The number of hydrogen-bond donors (Lipinski definition) is 0. The second-order valence-corrected chi connectivity index (χ2v) is 3.70. The summed E-state index contributed by atoms with van der Waals surface area (Å²) in [6, 6.07) is 0.214. The van der Waals surface area contributed by atoms with Gasteiger partial charge in [-0.05, 0) is 34.2 Å². The Labute approximate surface area is 80.1 Å². The highest BCUT2D eigenvalue weighted by Gasteiger charge is 2.16. The standard InChI is InChI=1S/C10H19NO2/c1-8(2)11(4)10(7-12)6-5-9(3)13/h7-8,10H,5-6H2,1-4H3. The molecule has 0 aromatic rings. The van der Waals surface area contributed by atoms with Crippen LogP contribution in [0.15, 0.2) is 0 Å². The number of carbonyl (C=O) groups excluding carboxylic acids is 2. The molecule has 0 saturated carbocycles. The largest absolute Gasteiger partial charge is 0.302 e. The van der Waals surface area contributed by atoms with E-state index in [9.17, 15) is 9.59 Å². The average Bonchev–Trinajstić information content (AvgIpc) is 2.04. The maximum Gasteiger partial charge on any atom is 0.137 e. The van der Waals surface area contributed by atoms with E-state index in [1.807, 2.05) is 25.8 Å². The van der Waals surface area contributed by atoms with Crippen molar-refractivity contribution in [1.29, 1.82) is 0 Å². The maximum absolute atomic E-state index is 10.7. The highest BCUT2D eigenvalue weighted by molar-refractivity contribution is 5.76. The fourth-order valence-electron chi connectivity index (χ4n) is 1.10. The summed E-state index contributed by atoms with van der Waals surface area (Å²) in [6.07, 6.45) is 2.04. The molecule has 13 heavy (non-hydrogen) atoms. The summed E-state index contributed by atoms with van der Waals surface area (Å²) in [7, 11) is 1.91. The summed E-state index contributed by atoms with van der Waals surface area (Å²) in [5, 5.41) is 0. The summed E-state index contributed by atoms with van der Waals surface area (Å²) in [5.74, 6) is 0.143. The minimum Gasteiger partial charge on any atom is -0.302 e. The van der Waals surface area contributed by atoms with Crippen LogP contribution in [0.2, 0.25) is 0 Å². The van der Waals surface area contributed by atoms with Gasteiger partial charge in [-0.2, -0.15) is 0 Å². The normalized spacial score (nSPS) is 13.4. The lowest BCUT2D eigenvalue weighted by Crippen LogP contribution is -2.38. The Morgan fingerprint density at radius 2 is 2.00 bits per heavy atom. The van der Waals surface area contributed by atoms with Crippen LogP contribution in [0, 0.1) is 0 Å². The molecule has 0 aliphatic carbocycles. The van der Waals surface area contributed by atoms with E-state index in [0.717, 1.165) is 6.29 Å². The summed E-state index contributed by atoms with van der Waals surface area (Å²) in [6.45, 7) is 5.62. The van der Waals surface area contributed by atoms with E-state index >= 15 is 0 Å². The van der Waals surface area contributed by atoms with Crippen molar-refractivity contribution in [3.05, 3.63) is 0 Å². The average molecular weight is 185 g/mol. The summed E-state index contributed by atoms with van der Waals surface area (Å²) < 4.78 is 0. The van der Waals surface area contributed by atoms with Crippen molar-refractivity contribution in [2.45, 2.75) is 45.7 Å². The number of hydrogen-bond acceptors (Lipinski definition) is 3. The summed E-state index contributed by atoms with van der Waals surface area (Å²) in [5.41, 5.74) is 0. The van der Waals surface area contributed by atoms with Crippen molar-refractivity contribution in [3.8, 4) is 0 Å². The van der Waals surface area contributed by atoms with Gasteiger partial charge in [0.15, 0.2) is 0 Å². The van der Waals surface area contributed by atoms with Crippen molar-refractivity contribution in [3.63, 3.8) is 0 Å². The van der Waals surface area contributed by atoms with Crippen LogP contribution in [-0.4, -0.2) is 36.1 Å². The van der Waals surface area contributed by atoms with Crippen molar-refractivity contribution < 1.29 is 9.59 Å². The monoisotopic (exact) mass is 185 g/mol. The lowest BCUT2D eigenvalue weighted by molar-refractivity contribution is -0.118. The van der Waals surface area contributed by atoms with Gasteiger partial charge in [0.1, 0.15) is 12.1 Å². The number of ketones is 1. The van der Waals surface area contributed by atoms with Gasteiger partial charge < -0.3 is 9.59 Å². The molecule has 0 amide bonds. The third-order valence-corrected chi connectivity index (χ3v) is 2.29. The quantitative estimate of drug-likeness (QED) is 0.585. The van der Waals surface area contributed by atoms with Crippen LogP contribution in [0.25, 0.3) is 0 Å². The highest BCUT2D eigenvalue weighted by Crippen LogP contribution is 2.06. The number of Topliss-reactive ketones (excluding diaryl/α,β-unsaturated/α-hetero) is 1. The number of aldehydes is 1. The van der Waals surface area contributed by atoms with Gasteiger partial charge >= 0.3 is 0 Å². The smallest absolute Gasteiger partial charge is 0.137 e. The molecule has 0 spiro atoms. The molecule has 3 heteroatoms. The fraction of sp³-hybridized carbons (Fsp3) is 0.800. The van der Waals surface area contributed by atoms with Gasteiger partial charge in [-0.3, -0.25) is 4.90 Å². The first-order chi connectivity index (χ1) is 5.99. The lowest BCUT2D eigenvalue weighted by atomic mass is 10.1. The van der Waals surface area contributed by atoms with Gasteiger partial charge in [-0.25, -0.2) is 0 Å². The van der Waals surface area contributed by atoms with Crippen LogP contribution in [0.1, 0.15) is 33.6 Å². The highest BCUT2D eigenvalue weighted by atomic mass is 16.1. The first kappa shape index (κ1) is 12.3. The number of rotatable bonds is 6. The van der Waals surface area contributed by atoms with Gasteiger partial charge in [-0.1, -0.05) is 0 Å². The van der Waals surface area contributed by atoms with E-state index in [1.165, 1.54) is 0 Å². The summed E-state index contributed by atoms with van der Waals surface area (Å²) >= 11 is 0. The lowest BCUT2D eigenvalue weighted by Gasteiger charge is -2.26. The van der Waals surface area contributed by atoms with Gasteiger partial charge in [0.25, 0.3) is 0 Å². The van der Waals surface area contributed by atoms with Crippen LogP contribution >= 0.6 is 0 Å².